The molecule has 0 radical (unpaired) electrons. The number of amides is 2. The van der Waals surface area contributed by atoms with Gasteiger partial charge in [-0.1, -0.05) is 108 Å². The molecule has 0 saturated heterocycles. The number of rotatable bonds is 22. The van der Waals surface area contributed by atoms with E-state index >= 15 is 8.78 Å². The van der Waals surface area contributed by atoms with E-state index in [1.54, 1.807) is 36.6 Å². The van der Waals surface area contributed by atoms with Crippen molar-refractivity contribution in [2.45, 2.75) is 134 Å². The Morgan fingerprint density at radius 3 is 1.38 bits per heavy atom. The lowest BCUT2D eigenvalue weighted by molar-refractivity contribution is -0.287. The number of halogens is 7. The van der Waals surface area contributed by atoms with Crippen molar-refractivity contribution in [3.05, 3.63) is 179 Å². The van der Waals surface area contributed by atoms with Crippen LogP contribution in [0.4, 0.5) is 37.7 Å². The van der Waals surface area contributed by atoms with Crippen molar-refractivity contribution in [1.29, 1.82) is 0 Å². The van der Waals surface area contributed by atoms with E-state index in [1.165, 1.54) is 48.5 Å². The van der Waals surface area contributed by atoms with Gasteiger partial charge in [-0.3, -0.25) is 9.59 Å². The maximum Gasteiger partial charge on any atom is 0.586 e. The van der Waals surface area contributed by atoms with E-state index in [1.807, 2.05) is 85.1 Å². The summed E-state index contributed by atoms with van der Waals surface area (Å²) in [5.74, 6) is -2.87. The van der Waals surface area contributed by atoms with Gasteiger partial charge in [-0.05, 0) is 96.5 Å². The Bertz CT molecular complexity index is 3920. The highest BCUT2D eigenvalue weighted by molar-refractivity contribution is 14.0. The van der Waals surface area contributed by atoms with Gasteiger partial charge in [0.05, 0.1) is 98.2 Å². The largest absolute Gasteiger partial charge is 0.586 e. The first-order valence-electron chi connectivity index (χ1n) is 29.2. The molecule has 2 aliphatic carbocycles. The summed E-state index contributed by atoms with van der Waals surface area (Å²) in [6.45, 7) is 8.21. The SMILES string of the molecule is C.CC(C)(CO)c1cc2cc(NC(=O)C3(c4ccc5c(c4)OC(F)(F)O5)CC3)c(F)cc2n1C[C@@H](O)CO.CC(C)(COCc1ccccc1)c1cc2cc(NC(=O)C3(c4ccc5c(c4)OC(F)(F)O5)CC3)c(F)cc2n1C[C@@H](O)COCc1ccccc1.CO.I. The molecule has 24 heteroatoms. The molecule has 494 valence electrons. The number of nitrogens with one attached hydrogen (secondary N) is 2. The maximum atomic E-state index is 15.9. The second-order valence-corrected chi connectivity index (χ2v) is 24.2. The number of carbonyl (C=O) groups excluding carboxylic acids is 2. The lowest BCUT2D eigenvalue weighted by Gasteiger charge is -2.28. The average Bonchev–Trinajstić information content (AvgIpc) is 1.60. The van der Waals surface area contributed by atoms with Crippen LogP contribution in [0.25, 0.3) is 21.8 Å². The quantitative estimate of drug-likeness (QED) is 0.0248. The summed E-state index contributed by atoms with van der Waals surface area (Å²) in [7, 11) is 1.00. The van der Waals surface area contributed by atoms with Crippen LogP contribution in [0.2, 0.25) is 0 Å². The third kappa shape index (κ3) is 15.1. The van der Waals surface area contributed by atoms with E-state index in [0.717, 1.165) is 23.9 Å². The third-order valence-corrected chi connectivity index (χ3v) is 16.5. The summed E-state index contributed by atoms with van der Waals surface area (Å²) in [5, 5.41) is 54.0. The predicted octanol–water partition coefficient (Wildman–Crippen LogP) is 12.1. The minimum atomic E-state index is -3.78. The average molecular weight is 1400 g/mol. The van der Waals surface area contributed by atoms with Gasteiger partial charge < -0.3 is 73.7 Å². The van der Waals surface area contributed by atoms with Gasteiger partial charge in [-0.15, -0.1) is 41.5 Å². The van der Waals surface area contributed by atoms with Crippen LogP contribution >= 0.6 is 24.0 Å². The molecule has 4 aliphatic rings. The van der Waals surface area contributed by atoms with E-state index in [0.29, 0.717) is 84.1 Å². The Hall–Kier alpha value is -7.43. The van der Waals surface area contributed by atoms with Gasteiger partial charge in [0.25, 0.3) is 0 Å². The molecular formula is C68H75F6IN4O13. The van der Waals surface area contributed by atoms with Crippen LogP contribution in [-0.4, -0.2) is 105 Å². The van der Waals surface area contributed by atoms with Gasteiger partial charge in [-0.2, -0.15) is 0 Å². The Morgan fingerprint density at radius 1 is 0.565 bits per heavy atom. The van der Waals surface area contributed by atoms with Crippen LogP contribution in [0.15, 0.2) is 133 Å². The molecule has 2 fully saturated rings. The number of aliphatic hydroxyl groups excluding tert-OH is 5. The highest BCUT2D eigenvalue weighted by Gasteiger charge is 2.54. The summed E-state index contributed by atoms with van der Waals surface area (Å²) >= 11 is 0. The van der Waals surface area contributed by atoms with E-state index in [2.05, 4.69) is 29.6 Å². The molecule has 0 spiro atoms. The Balaban J connectivity index is 0.000000236. The smallest absolute Gasteiger partial charge is 0.400 e. The number of hydrogen-bond acceptors (Lipinski definition) is 13. The fourth-order valence-corrected chi connectivity index (χ4v) is 11.4. The molecule has 12 rings (SSSR count). The number of ether oxygens (including phenoxy) is 6. The molecule has 8 aromatic rings. The summed E-state index contributed by atoms with van der Waals surface area (Å²) in [4.78, 5) is 26.9. The fourth-order valence-electron chi connectivity index (χ4n) is 11.4. The monoisotopic (exact) mass is 1400 g/mol. The van der Waals surface area contributed by atoms with Crippen molar-refractivity contribution in [3.8, 4) is 23.0 Å². The first-order chi connectivity index (χ1) is 42.8. The van der Waals surface area contributed by atoms with Crippen molar-refractivity contribution in [2.75, 3.05) is 44.2 Å². The molecule has 0 unspecified atom stereocenters. The van der Waals surface area contributed by atoms with E-state index in [-0.39, 0.29) is 92.1 Å². The molecule has 7 N–H and O–H groups in total. The maximum absolute atomic E-state index is 15.9. The topological polar surface area (TPSA) is 225 Å². The minimum absolute atomic E-state index is 0. The van der Waals surface area contributed by atoms with E-state index in [9.17, 15) is 47.6 Å². The number of anilines is 2. The van der Waals surface area contributed by atoms with Crippen molar-refractivity contribution >= 4 is 69.0 Å². The van der Waals surface area contributed by atoms with Crippen molar-refractivity contribution in [2.24, 2.45) is 0 Å². The first kappa shape index (κ1) is 70.4. The number of benzene rings is 6. The second-order valence-electron chi connectivity index (χ2n) is 24.2. The number of nitrogens with zero attached hydrogens (tertiary/aromatic N) is 2. The summed E-state index contributed by atoms with van der Waals surface area (Å²) in [6, 6.07) is 37.3. The van der Waals surface area contributed by atoms with E-state index in [4.69, 9.17) is 14.6 Å². The lowest BCUT2D eigenvalue weighted by atomic mass is 9.90. The van der Waals surface area contributed by atoms with Gasteiger partial charge in [0.15, 0.2) is 23.0 Å². The number of hydrogen-bond donors (Lipinski definition) is 7. The number of fused-ring (bicyclic) bond motifs is 4. The van der Waals surface area contributed by atoms with Crippen molar-refractivity contribution in [1.82, 2.24) is 9.13 Å². The molecular weight excluding hydrogens is 1320 g/mol. The first-order valence-corrected chi connectivity index (χ1v) is 29.2. The molecule has 2 aliphatic heterocycles. The van der Waals surface area contributed by atoms with Gasteiger partial charge in [0.1, 0.15) is 11.6 Å². The zero-order valence-corrected chi connectivity index (χ0v) is 52.7. The molecule has 2 atom stereocenters. The summed E-state index contributed by atoms with van der Waals surface area (Å²) < 4.78 is 119. The van der Waals surface area contributed by atoms with Crippen LogP contribution in [-0.2, 0) is 67.0 Å². The summed E-state index contributed by atoms with van der Waals surface area (Å²) in [6.07, 6.45) is -7.73. The van der Waals surface area contributed by atoms with Crippen LogP contribution in [0.1, 0.15) is 94.4 Å². The normalized spacial score (nSPS) is 16.4. The second kappa shape index (κ2) is 28.0. The Morgan fingerprint density at radius 2 is 0.967 bits per heavy atom. The van der Waals surface area contributed by atoms with Crippen LogP contribution < -0.4 is 29.6 Å². The number of aliphatic hydroxyl groups is 5. The number of aromatic nitrogens is 2. The van der Waals surface area contributed by atoms with Gasteiger partial charge in [-0.25, -0.2) is 8.78 Å². The van der Waals surface area contributed by atoms with E-state index < -0.39 is 76.5 Å². The number of alkyl halides is 4. The van der Waals surface area contributed by atoms with Crippen molar-refractivity contribution < 1.29 is 89.9 Å². The van der Waals surface area contributed by atoms with Gasteiger partial charge in [0, 0.05) is 52.2 Å². The fraction of sp³-hybridized carbons (Fsp3) is 0.382. The Labute approximate surface area is 544 Å². The van der Waals surface area contributed by atoms with Crippen LogP contribution in [0, 0.1) is 11.6 Å². The molecule has 2 aromatic heterocycles. The highest BCUT2D eigenvalue weighted by Crippen LogP contribution is 2.54. The standard InChI is InChI=1S/C40H39F3N2O6.C26H27F3N2O6.CH4O.CH4.HI/c1-38(2,25-49-23-27-11-7-4-8-12-27)36-18-28-17-32(31(41)20-33(28)45(36)21-30(46)24-48-22-26-9-5-3-6-10-26)44-37(47)39(15-16-39)29-13-14-34-35(19-29)51-40(42,43)50-34;1-24(2,13-33)22-8-14-7-18(17(27)10-19(14)31(22)11-16(34)12-32)30-23(35)25(5-6-25)15-3-4-20-21(9-15)37-26(28,29)36-20;1-2;;/h3-14,17-20,30,46H,15-16,21-25H2,1-2H3,(H,44,47);3-4,7-10,16,32-34H,5-6,11-13H2,1-2H3,(H,30,35);2H,1H3;1H4;1H/t30-;16-;;;/m11.../s1. The molecule has 6 aromatic carbocycles. The zero-order valence-electron chi connectivity index (χ0n) is 50.4. The zero-order chi connectivity index (χ0) is 64.6. The van der Waals surface area contributed by atoms with Gasteiger partial charge >= 0.3 is 12.6 Å². The molecule has 0 bridgehead atoms. The molecule has 2 saturated carbocycles. The minimum Gasteiger partial charge on any atom is -0.400 e. The van der Waals surface area contributed by atoms with Crippen LogP contribution in [0.3, 0.4) is 0 Å². The molecule has 2 amide bonds. The summed E-state index contributed by atoms with van der Waals surface area (Å²) in [5.41, 5.74) is 1.95. The molecule has 4 heterocycles. The number of carbonyl (C=O) groups is 2. The highest BCUT2D eigenvalue weighted by atomic mass is 127. The molecule has 17 nitrogen and oxygen atoms in total. The Kier molecular flexibility index (Phi) is 21.5. The predicted molar refractivity (Wildman–Crippen MR) is 343 cm³/mol. The van der Waals surface area contributed by atoms with Crippen LogP contribution in [0.5, 0.6) is 23.0 Å². The van der Waals surface area contributed by atoms with Crippen molar-refractivity contribution in [3.63, 3.8) is 0 Å². The molecule has 92 heavy (non-hydrogen) atoms. The van der Waals surface area contributed by atoms with Gasteiger partial charge in [0.2, 0.25) is 11.8 Å². The lowest BCUT2D eigenvalue weighted by Crippen LogP contribution is -2.30. The third-order valence-electron chi connectivity index (χ3n) is 16.5.